The van der Waals surface area contributed by atoms with Crippen LogP contribution in [0.4, 0.5) is 0 Å². The van der Waals surface area contributed by atoms with Crippen molar-refractivity contribution in [2.24, 2.45) is 0 Å². The zero-order valence-corrected chi connectivity index (χ0v) is 9.78. The average molecular weight is 216 g/mol. The summed E-state index contributed by atoms with van der Waals surface area (Å²) in [6.45, 7) is 6.03. The van der Waals surface area contributed by atoms with Gasteiger partial charge in [0.05, 0.1) is 0 Å². The minimum Gasteiger partial charge on any atom is -0.507 e. The maximum Gasteiger partial charge on any atom is 0.127 e. The molecule has 0 bridgehead atoms. The summed E-state index contributed by atoms with van der Waals surface area (Å²) >= 11 is 0. The zero-order valence-electron chi connectivity index (χ0n) is 9.78. The number of aromatic hydroxyl groups is 2. The predicted molar refractivity (Wildman–Crippen MR) is 66.0 cm³/mol. The van der Waals surface area contributed by atoms with Crippen LogP contribution in [-0.2, 0) is 5.41 Å². The maximum atomic E-state index is 10.2. The molecular formula is C14H16O2. The molecule has 0 aliphatic heterocycles. The molecule has 84 valence electrons. The maximum absolute atomic E-state index is 10.2. The number of fused-ring (bicyclic) bond motifs is 1. The van der Waals surface area contributed by atoms with E-state index in [-0.39, 0.29) is 16.9 Å². The van der Waals surface area contributed by atoms with Gasteiger partial charge in [0.25, 0.3) is 0 Å². The molecule has 2 rings (SSSR count). The van der Waals surface area contributed by atoms with E-state index in [9.17, 15) is 10.2 Å². The summed E-state index contributed by atoms with van der Waals surface area (Å²) in [4.78, 5) is 0. The first-order valence-corrected chi connectivity index (χ1v) is 5.35. The summed E-state index contributed by atoms with van der Waals surface area (Å²) in [5.74, 6) is 0.485. The van der Waals surface area contributed by atoms with E-state index in [0.29, 0.717) is 10.8 Å². The second-order valence-corrected chi connectivity index (χ2v) is 5.09. The van der Waals surface area contributed by atoms with Gasteiger partial charge in [0.15, 0.2) is 0 Å². The third kappa shape index (κ3) is 1.60. The molecule has 0 aliphatic rings. The molecule has 2 aromatic rings. The lowest BCUT2D eigenvalue weighted by molar-refractivity contribution is 0.443. The molecule has 0 aromatic heterocycles. The number of hydrogen-bond donors (Lipinski definition) is 2. The van der Waals surface area contributed by atoms with Crippen LogP contribution in [0.25, 0.3) is 10.8 Å². The molecule has 0 spiro atoms. The van der Waals surface area contributed by atoms with Crippen LogP contribution in [0.1, 0.15) is 26.3 Å². The summed E-state index contributed by atoms with van der Waals surface area (Å²) in [7, 11) is 0. The highest BCUT2D eigenvalue weighted by molar-refractivity contribution is 5.94. The standard InChI is InChI=1S/C14H16O2/c1-14(2,3)11-8-12(15)9-6-4-5-7-10(9)13(11)16/h4-8,15-16H,1-3H3. The highest BCUT2D eigenvalue weighted by Gasteiger charge is 2.21. The van der Waals surface area contributed by atoms with Crippen LogP contribution in [0, 0.1) is 0 Å². The zero-order chi connectivity index (χ0) is 11.9. The van der Waals surface area contributed by atoms with Gasteiger partial charge >= 0.3 is 0 Å². The van der Waals surface area contributed by atoms with Crippen molar-refractivity contribution < 1.29 is 10.2 Å². The van der Waals surface area contributed by atoms with Crippen molar-refractivity contribution >= 4 is 10.8 Å². The molecule has 2 heteroatoms. The Morgan fingerprint density at radius 3 is 2.06 bits per heavy atom. The SMILES string of the molecule is CC(C)(C)c1cc(O)c2ccccc2c1O. The normalized spacial score (nSPS) is 11.9. The van der Waals surface area contributed by atoms with Gasteiger partial charge < -0.3 is 10.2 Å². The molecular weight excluding hydrogens is 200 g/mol. The summed E-state index contributed by atoms with van der Waals surface area (Å²) in [6.07, 6.45) is 0. The molecule has 0 amide bonds. The Balaban J connectivity index is 2.86. The first-order chi connectivity index (χ1) is 7.41. The molecule has 0 saturated carbocycles. The van der Waals surface area contributed by atoms with Gasteiger partial charge in [-0.3, -0.25) is 0 Å². The van der Waals surface area contributed by atoms with Crippen LogP contribution in [0.15, 0.2) is 30.3 Å². The highest BCUT2D eigenvalue weighted by Crippen LogP contribution is 2.40. The first kappa shape index (κ1) is 10.8. The largest absolute Gasteiger partial charge is 0.507 e. The Kier molecular flexibility index (Phi) is 2.30. The third-order valence-corrected chi connectivity index (χ3v) is 2.80. The van der Waals surface area contributed by atoms with Crippen molar-refractivity contribution in [3.05, 3.63) is 35.9 Å². The van der Waals surface area contributed by atoms with E-state index in [1.54, 1.807) is 12.1 Å². The molecule has 0 heterocycles. The molecule has 0 fully saturated rings. The van der Waals surface area contributed by atoms with E-state index >= 15 is 0 Å². The summed E-state index contributed by atoms with van der Waals surface area (Å²) < 4.78 is 0. The Bertz CT molecular complexity index is 536. The average Bonchev–Trinajstić information content (AvgIpc) is 2.22. The first-order valence-electron chi connectivity index (χ1n) is 5.35. The number of phenols is 2. The van der Waals surface area contributed by atoms with E-state index in [0.717, 1.165) is 5.56 Å². The Morgan fingerprint density at radius 2 is 1.50 bits per heavy atom. The Hall–Kier alpha value is -1.70. The van der Waals surface area contributed by atoms with Crippen molar-refractivity contribution in [2.75, 3.05) is 0 Å². The fourth-order valence-electron chi connectivity index (χ4n) is 1.91. The molecule has 16 heavy (non-hydrogen) atoms. The Morgan fingerprint density at radius 1 is 0.938 bits per heavy atom. The van der Waals surface area contributed by atoms with Crippen molar-refractivity contribution in [3.63, 3.8) is 0 Å². The number of rotatable bonds is 0. The molecule has 2 nitrogen and oxygen atoms in total. The van der Waals surface area contributed by atoms with Gasteiger partial charge in [-0.2, -0.15) is 0 Å². The van der Waals surface area contributed by atoms with Crippen LogP contribution in [0.2, 0.25) is 0 Å². The molecule has 0 saturated heterocycles. The quantitative estimate of drug-likeness (QED) is 0.661. The molecule has 2 aromatic carbocycles. The number of phenolic OH excluding ortho intramolecular Hbond substituents is 2. The van der Waals surface area contributed by atoms with Gasteiger partial charge in [0, 0.05) is 16.3 Å². The second kappa shape index (κ2) is 3.41. The minimum absolute atomic E-state index is 0.189. The Labute approximate surface area is 95.2 Å². The number of benzene rings is 2. The summed E-state index contributed by atoms with van der Waals surface area (Å²) in [5, 5.41) is 21.5. The van der Waals surface area contributed by atoms with Gasteiger partial charge in [0.2, 0.25) is 0 Å². The lowest BCUT2D eigenvalue weighted by atomic mass is 9.84. The lowest BCUT2D eigenvalue weighted by Gasteiger charge is -2.22. The van der Waals surface area contributed by atoms with E-state index in [1.165, 1.54) is 0 Å². The third-order valence-electron chi connectivity index (χ3n) is 2.80. The smallest absolute Gasteiger partial charge is 0.127 e. The van der Waals surface area contributed by atoms with Crippen molar-refractivity contribution in [1.29, 1.82) is 0 Å². The van der Waals surface area contributed by atoms with Crippen molar-refractivity contribution in [2.45, 2.75) is 26.2 Å². The molecule has 2 N–H and O–H groups in total. The highest BCUT2D eigenvalue weighted by atomic mass is 16.3. The fraction of sp³-hybridized carbons (Fsp3) is 0.286. The van der Waals surface area contributed by atoms with E-state index in [2.05, 4.69) is 0 Å². The fourth-order valence-corrected chi connectivity index (χ4v) is 1.91. The van der Waals surface area contributed by atoms with Crippen LogP contribution in [-0.4, -0.2) is 10.2 Å². The number of hydrogen-bond acceptors (Lipinski definition) is 2. The lowest BCUT2D eigenvalue weighted by Crippen LogP contribution is -2.11. The minimum atomic E-state index is -0.189. The molecule has 0 unspecified atom stereocenters. The summed E-state index contributed by atoms with van der Waals surface area (Å²) in [5.41, 5.74) is 0.578. The summed E-state index contributed by atoms with van der Waals surface area (Å²) in [6, 6.07) is 8.97. The van der Waals surface area contributed by atoms with Crippen LogP contribution in [0.3, 0.4) is 0 Å². The molecule has 0 radical (unpaired) electrons. The van der Waals surface area contributed by atoms with Crippen molar-refractivity contribution in [1.82, 2.24) is 0 Å². The van der Waals surface area contributed by atoms with Gasteiger partial charge in [-0.25, -0.2) is 0 Å². The van der Waals surface area contributed by atoms with E-state index in [1.807, 2.05) is 39.0 Å². The van der Waals surface area contributed by atoms with E-state index in [4.69, 9.17) is 0 Å². The molecule has 0 aliphatic carbocycles. The second-order valence-electron chi connectivity index (χ2n) is 5.09. The predicted octanol–water partition coefficient (Wildman–Crippen LogP) is 3.55. The van der Waals surface area contributed by atoms with Crippen LogP contribution < -0.4 is 0 Å². The van der Waals surface area contributed by atoms with Gasteiger partial charge in [-0.1, -0.05) is 45.0 Å². The van der Waals surface area contributed by atoms with Crippen molar-refractivity contribution in [3.8, 4) is 11.5 Å². The van der Waals surface area contributed by atoms with Crippen LogP contribution >= 0.6 is 0 Å². The monoisotopic (exact) mass is 216 g/mol. The van der Waals surface area contributed by atoms with E-state index < -0.39 is 0 Å². The van der Waals surface area contributed by atoms with Gasteiger partial charge in [-0.15, -0.1) is 0 Å². The van der Waals surface area contributed by atoms with Gasteiger partial charge in [-0.05, 0) is 11.5 Å². The topological polar surface area (TPSA) is 40.5 Å². The molecule has 0 atom stereocenters. The van der Waals surface area contributed by atoms with Gasteiger partial charge in [0.1, 0.15) is 11.5 Å². The van der Waals surface area contributed by atoms with Crippen LogP contribution in [0.5, 0.6) is 11.5 Å².